The quantitative estimate of drug-likeness (QED) is 0.500. The maximum Gasteiger partial charge on any atom is 0.244 e. The van der Waals surface area contributed by atoms with Gasteiger partial charge in [-0.1, -0.05) is 36.4 Å². The van der Waals surface area contributed by atoms with Crippen molar-refractivity contribution in [3.8, 4) is 0 Å². The minimum Gasteiger partial charge on any atom is -0.395 e. The number of allylic oxidation sites excluding steroid dienone is 3. The topological polar surface area (TPSA) is 88.2 Å². The highest BCUT2D eigenvalue weighted by Gasteiger charge is 2.53. The Morgan fingerprint density at radius 1 is 1.08 bits per heavy atom. The highest BCUT2D eigenvalue weighted by molar-refractivity contribution is 5.89. The van der Waals surface area contributed by atoms with E-state index < -0.39 is 5.54 Å². The first-order chi connectivity index (χ1) is 19.0. The number of nitrogens with zero attached hydrogens (tertiary/aromatic N) is 3. The van der Waals surface area contributed by atoms with Gasteiger partial charge in [-0.3, -0.25) is 14.9 Å². The van der Waals surface area contributed by atoms with E-state index in [4.69, 9.17) is 0 Å². The molecular weight excluding hydrogens is 490 g/mol. The number of rotatable bonds is 7. The molecule has 1 spiro atoms. The van der Waals surface area contributed by atoms with E-state index in [-0.39, 0.29) is 24.6 Å². The molecule has 8 nitrogen and oxygen atoms in total. The molecule has 6 aliphatic rings. The van der Waals surface area contributed by atoms with E-state index in [1.54, 1.807) is 0 Å². The minimum atomic E-state index is -0.549. The Labute approximate surface area is 231 Å². The van der Waals surface area contributed by atoms with E-state index in [0.717, 1.165) is 76.8 Å². The molecule has 208 valence electrons. The predicted molar refractivity (Wildman–Crippen MR) is 148 cm³/mol. The summed E-state index contributed by atoms with van der Waals surface area (Å²) in [5.74, 6) is 1.51. The summed E-state index contributed by atoms with van der Waals surface area (Å²) < 4.78 is 0. The fourth-order valence-corrected chi connectivity index (χ4v) is 7.30. The third kappa shape index (κ3) is 4.70. The van der Waals surface area contributed by atoms with E-state index in [2.05, 4.69) is 56.9 Å². The summed E-state index contributed by atoms with van der Waals surface area (Å²) in [5, 5.41) is 16.7. The van der Waals surface area contributed by atoms with Crippen molar-refractivity contribution in [2.24, 2.45) is 11.8 Å². The number of carbonyl (C=O) groups is 2. The van der Waals surface area contributed by atoms with Crippen molar-refractivity contribution in [1.29, 1.82) is 0 Å². The number of hydrogen-bond donors (Lipinski definition) is 3. The number of benzene rings is 1. The van der Waals surface area contributed by atoms with Crippen molar-refractivity contribution >= 4 is 11.8 Å². The minimum absolute atomic E-state index is 0.151. The molecule has 4 heterocycles. The Morgan fingerprint density at radius 2 is 1.82 bits per heavy atom. The van der Waals surface area contributed by atoms with Gasteiger partial charge in [-0.2, -0.15) is 0 Å². The normalized spacial score (nSPS) is 28.7. The molecule has 0 bridgehead atoms. The van der Waals surface area contributed by atoms with E-state index in [9.17, 15) is 14.7 Å². The van der Waals surface area contributed by atoms with Crippen molar-refractivity contribution in [3.63, 3.8) is 0 Å². The third-order valence-electron chi connectivity index (χ3n) is 9.89. The average Bonchev–Trinajstić information content (AvgIpc) is 3.63. The number of aliphatic hydroxyl groups is 1. The summed E-state index contributed by atoms with van der Waals surface area (Å²) in [7, 11) is 0. The molecule has 2 unspecified atom stereocenters. The van der Waals surface area contributed by atoms with Gasteiger partial charge in [0.1, 0.15) is 11.7 Å². The first kappa shape index (κ1) is 25.3. The largest absolute Gasteiger partial charge is 0.395 e. The first-order valence-corrected chi connectivity index (χ1v) is 15.0. The summed E-state index contributed by atoms with van der Waals surface area (Å²) in [6.45, 7) is 5.69. The van der Waals surface area contributed by atoms with Crippen LogP contribution in [0.5, 0.6) is 0 Å². The Hall–Kier alpha value is -2.68. The molecule has 8 heteroatoms. The van der Waals surface area contributed by atoms with Crippen LogP contribution < -0.4 is 10.6 Å². The van der Waals surface area contributed by atoms with Crippen LogP contribution in [0, 0.1) is 11.8 Å². The number of aliphatic hydroxyl groups excluding tert-OH is 1. The van der Waals surface area contributed by atoms with Crippen LogP contribution in [-0.2, 0) is 9.59 Å². The second-order valence-corrected chi connectivity index (χ2v) is 12.5. The summed E-state index contributed by atoms with van der Waals surface area (Å²) in [6, 6.07) is 8.91. The van der Waals surface area contributed by atoms with Gasteiger partial charge < -0.3 is 25.1 Å². The number of carbonyl (C=O) groups excluding carboxylic acids is 2. The first-order valence-electron chi connectivity index (χ1n) is 15.0. The average molecular weight is 532 g/mol. The summed E-state index contributed by atoms with van der Waals surface area (Å²) in [5.41, 5.74) is 4.66. The molecule has 7 rings (SSSR count). The van der Waals surface area contributed by atoms with Crippen molar-refractivity contribution in [2.45, 2.75) is 56.1 Å². The Kier molecular flexibility index (Phi) is 6.52. The van der Waals surface area contributed by atoms with E-state index in [1.165, 1.54) is 16.8 Å². The lowest BCUT2D eigenvalue weighted by molar-refractivity contribution is -0.141. The molecule has 0 aromatic heterocycles. The van der Waals surface area contributed by atoms with Crippen LogP contribution in [0.25, 0.3) is 0 Å². The molecule has 2 aliphatic carbocycles. The molecule has 1 aromatic rings. The van der Waals surface area contributed by atoms with Crippen LogP contribution in [0.1, 0.15) is 61.7 Å². The van der Waals surface area contributed by atoms with Crippen molar-refractivity contribution in [3.05, 3.63) is 58.8 Å². The molecule has 2 atom stereocenters. The van der Waals surface area contributed by atoms with Gasteiger partial charge in [0, 0.05) is 69.3 Å². The summed E-state index contributed by atoms with van der Waals surface area (Å²) in [6.07, 6.45) is 10.3. The van der Waals surface area contributed by atoms with Gasteiger partial charge in [0.15, 0.2) is 0 Å². The highest BCUT2D eigenvalue weighted by atomic mass is 16.3. The lowest BCUT2D eigenvalue weighted by Crippen LogP contribution is -2.56. The second kappa shape index (κ2) is 10.1. The van der Waals surface area contributed by atoms with Gasteiger partial charge in [-0.15, -0.1) is 0 Å². The zero-order chi connectivity index (χ0) is 26.6. The van der Waals surface area contributed by atoms with Crippen LogP contribution in [0.4, 0.5) is 0 Å². The van der Waals surface area contributed by atoms with Crippen molar-refractivity contribution in [1.82, 2.24) is 25.3 Å². The molecule has 3 N–H and O–H groups in total. The van der Waals surface area contributed by atoms with Gasteiger partial charge in [0.2, 0.25) is 11.8 Å². The van der Waals surface area contributed by atoms with E-state index in [0.29, 0.717) is 30.8 Å². The Balaban J connectivity index is 1.08. The fourth-order valence-electron chi connectivity index (χ4n) is 7.30. The maximum absolute atomic E-state index is 14.1. The van der Waals surface area contributed by atoms with Gasteiger partial charge in [0.25, 0.3) is 0 Å². The molecular formula is C31H41N5O3. The number of β-amino-alcohol motifs (C(OH)–C–C–N with tert-alkyl or cyclic N) is 1. The standard InChI is InChI=1S/C31H41N5O3/c37-16-15-34-13-10-31(11-14-34)30(39)36(20-21-18-35(19-21)29(38)24-5-6-24)28(33-31)23-3-1-22(2-4-23)25-7-8-27-26(17-25)9-12-32-27/h1-4,8,17,21,24-25,28,32-33,37H,5-7,9-16,18-20H2. The van der Waals surface area contributed by atoms with Crippen LogP contribution in [-0.4, -0.2) is 89.6 Å². The second-order valence-electron chi connectivity index (χ2n) is 12.5. The fraction of sp³-hybridized carbons (Fsp3) is 0.613. The van der Waals surface area contributed by atoms with Gasteiger partial charge >= 0.3 is 0 Å². The monoisotopic (exact) mass is 531 g/mol. The van der Waals surface area contributed by atoms with Gasteiger partial charge in [-0.25, -0.2) is 0 Å². The molecule has 4 saturated heterocycles. The molecule has 1 aromatic carbocycles. The predicted octanol–water partition coefficient (Wildman–Crippen LogP) is 2.10. The molecule has 5 fully saturated rings. The number of nitrogens with one attached hydrogen (secondary N) is 2. The van der Waals surface area contributed by atoms with Gasteiger partial charge in [-0.05, 0) is 55.2 Å². The number of likely N-dealkylation sites (tertiary alicyclic amines) is 2. The Morgan fingerprint density at radius 3 is 2.54 bits per heavy atom. The number of amides is 2. The smallest absolute Gasteiger partial charge is 0.244 e. The van der Waals surface area contributed by atoms with Crippen LogP contribution in [0.2, 0.25) is 0 Å². The van der Waals surface area contributed by atoms with Crippen molar-refractivity contribution in [2.75, 3.05) is 52.4 Å². The summed E-state index contributed by atoms with van der Waals surface area (Å²) in [4.78, 5) is 32.8. The Bertz CT molecular complexity index is 1180. The number of fused-ring (bicyclic) bond motifs is 1. The van der Waals surface area contributed by atoms with E-state index in [1.807, 2.05) is 4.90 Å². The molecule has 1 saturated carbocycles. The molecule has 0 radical (unpaired) electrons. The van der Waals surface area contributed by atoms with Crippen LogP contribution >= 0.6 is 0 Å². The zero-order valence-corrected chi connectivity index (χ0v) is 22.8. The third-order valence-corrected chi connectivity index (χ3v) is 9.89. The van der Waals surface area contributed by atoms with E-state index >= 15 is 0 Å². The molecule has 2 amide bonds. The highest BCUT2D eigenvalue weighted by Crippen LogP contribution is 2.40. The maximum atomic E-state index is 14.1. The van der Waals surface area contributed by atoms with Gasteiger partial charge in [0.05, 0.1) is 6.61 Å². The zero-order valence-electron chi connectivity index (χ0n) is 22.8. The van der Waals surface area contributed by atoms with Crippen molar-refractivity contribution < 1.29 is 14.7 Å². The number of hydrogen-bond acceptors (Lipinski definition) is 6. The lowest BCUT2D eigenvalue weighted by Gasteiger charge is -2.42. The number of piperidine rings is 1. The lowest BCUT2D eigenvalue weighted by atomic mass is 9.87. The molecule has 4 aliphatic heterocycles. The summed E-state index contributed by atoms with van der Waals surface area (Å²) >= 11 is 0. The SMILES string of the molecule is O=C(C1CC1)N1CC(CN2C(=O)C3(CCN(CCO)CC3)NC2c2ccc(C3C=C4CCNC4=CC3)cc2)C1. The molecule has 39 heavy (non-hydrogen) atoms. The van der Waals surface area contributed by atoms with Crippen LogP contribution in [0.3, 0.4) is 0 Å². The van der Waals surface area contributed by atoms with Crippen LogP contribution in [0.15, 0.2) is 47.7 Å².